The maximum atomic E-state index is 12.2. The van der Waals surface area contributed by atoms with E-state index < -0.39 is 0 Å². The number of hydrogen-bond acceptors (Lipinski definition) is 2. The Hall–Kier alpha value is -0.570. The molecule has 122 valence electrons. The fourth-order valence-corrected chi connectivity index (χ4v) is 3.91. The summed E-state index contributed by atoms with van der Waals surface area (Å²) in [6.07, 6.45) is 14.6. The first-order valence-electron chi connectivity index (χ1n) is 9.30. The molecule has 3 nitrogen and oxygen atoms in total. The molecule has 2 aliphatic carbocycles. The highest BCUT2D eigenvalue weighted by molar-refractivity contribution is 5.76. The second kappa shape index (κ2) is 9.45. The monoisotopic (exact) mass is 294 g/mol. The molecule has 1 amide bonds. The van der Waals surface area contributed by atoms with Crippen LogP contribution in [0.3, 0.4) is 0 Å². The summed E-state index contributed by atoms with van der Waals surface area (Å²) in [5.41, 5.74) is 0. The molecule has 2 fully saturated rings. The van der Waals surface area contributed by atoms with Gasteiger partial charge in [-0.25, -0.2) is 0 Å². The van der Waals surface area contributed by atoms with Gasteiger partial charge in [0.15, 0.2) is 0 Å². The minimum atomic E-state index is 0.312. The van der Waals surface area contributed by atoms with E-state index in [-0.39, 0.29) is 0 Å². The Morgan fingerprint density at radius 3 is 2.14 bits per heavy atom. The first kappa shape index (κ1) is 16.8. The van der Waals surface area contributed by atoms with Gasteiger partial charge in [0.2, 0.25) is 5.91 Å². The molecule has 0 aromatic carbocycles. The smallest absolute Gasteiger partial charge is 0.220 e. The minimum absolute atomic E-state index is 0.312. The van der Waals surface area contributed by atoms with Crippen molar-refractivity contribution in [2.45, 2.75) is 96.1 Å². The third-order valence-electron chi connectivity index (χ3n) is 5.22. The van der Waals surface area contributed by atoms with Crippen molar-refractivity contribution in [2.75, 3.05) is 6.54 Å². The molecule has 0 bridgehead atoms. The molecule has 0 saturated heterocycles. The zero-order chi connectivity index (χ0) is 14.9. The Morgan fingerprint density at radius 1 is 0.905 bits per heavy atom. The molecular weight excluding hydrogens is 260 g/mol. The van der Waals surface area contributed by atoms with Crippen molar-refractivity contribution >= 4 is 5.91 Å². The van der Waals surface area contributed by atoms with Crippen LogP contribution in [0.15, 0.2) is 0 Å². The summed E-state index contributed by atoms with van der Waals surface area (Å²) < 4.78 is 0. The molecule has 2 saturated carbocycles. The van der Waals surface area contributed by atoms with E-state index in [2.05, 4.69) is 17.6 Å². The fourth-order valence-electron chi connectivity index (χ4n) is 3.91. The van der Waals surface area contributed by atoms with Gasteiger partial charge in [0, 0.05) is 18.5 Å². The number of carbonyl (C=O) groups is 1. The van der Waals surface area contributed by atoms with Gasteiger partial charge in [0.25, 0.3) is 0 Å². The van der Waals surface area contributed by atoms with Crippen LogP contribution in [0, 0.1) is 5.92 Å². The van der Waals surface area contributed by atoms with Crippen molar-refractivity contribution in [3.8, 4) is 0 Å². The van der Waals surface area contributed by atoms with Crippen molar-refractivity contribution in [1.82, 2.24) is 10.6 Å². The van der Waals surface area contributed by atoms with Crippen molar-refractivity contribution in [1.29, 1.82) is 0 Å². The predicted molar refractivity (Wildman–Crippen MR) is 88.3 cm³/mol. The third-order valence-corrected chi connectivity index (χ3v) is 5.22. The molecule has 0 spiro atoms. The van der Waals surface area contributed by atoms with Crippen LogP contribution in [0.2, 0.25) is 0 Å². The zero-order valence-electron chi connectivity index (χ0n) is 13.8. The van der Waals surface area contributed by atoms with E-state index in [4.69, 9.17) is 0 Å². The highest BCUT2D eigenvalue weighted by Crippen LogP contribution is 2.26. The van der Waals surface area contributed by atoms with E-state index in [1.807, 2.05) is 0 Å². The summed E-state index contributed by atoms with van der Waals surface area (Å²) in [6.45, 7) is 3.34. The summed E-state index contributed by atoms with van der Waals surface area (Å²) in [5.74, 6) is 0.960. The van der Waals surface area contributed by atoms with Crippen LogP contribution >= 0.6 is 0 Å². The summed E-state index contributed by atoms with van der Waals surface area (Å²) >= 11 is 0. The Labute approximate surface area is 130 Å². The molecule has 0 aliphatic heterocycles. The van der Waals surface area contributed by atoms with Gasteiger partial charge >= 0.3 is 0 Å². The lowest BCUT2D eigenvalue weighted by Gasteiger charge is -2.30. The van der Waals surface area contributed by atoms with Crippen molar-refractivity contribution < 1.29 is 4.79 Å². The second-order valence-corrected chi connectivity index (χ2v) is 7.13. The van der Waals surface area contributed by atoms with Crippen molar-refractivity contribution in [3.05, 3.63) is 0 Å². The molecule has 0 unspecified atom stereocenters. The standard InChI is InChI=1S/C18H34N2O/c1-2-13-19-16-9-11-17(12-10-16)20-18(21)14-15-7-5-3-4-6-8-15/h15-17,19H,2-14H2,1H3,(H,20,21). The minimum Gasteiger partial charge on any atom is -0.353 e. The van der Waals surface area contributed by atoms with E-state index >= 15 is 0 Å². The van der Waals surface area contributed by atoms with E-state index in [0.29, 0.717) is 23.9 Å². The van der Waals surface area contributed by atoms with Gasteiger partial charge in [-0.15, -0.1) is 0 Å². The first-order valence-corrected chi connectivity index (χ1v) is 9.30. The van der Waals surface area contributed by atoms with Gasteiger partial charge < -0.3 is 10.6 Å². The predicted octanol–water partition coefficient (Wildman–Crippen LogP) is 3.77. The topological polar surface area (TPSA) is 41.1 Å². The summed E-state index contributed by atoms with van der Waals surface area (Å²) in [4.78, 5) is 12.2. The quantitative estimate of drug-likeness (QED) is 0.732. The molecule has 0 heterocycles. The number of hydrogen-bond donors (Lipinski definition) is 2. The SMILES string of the molecule is CCCNC1CCC(NC(=O)CC2CCCCCC2)CC1. The Bertz CT molecular complexity index is 290. The lowest BCUT2D eigenvalue weighted by atomic mass is 9.90. The van der Waals surface area contributed by atoms with E-state index in [0.717, 1.165) is 25.8 Å². The van der Waals surface area contributed by atoms with E-state index in [1.54, 1.807) is 0 Å². The Balaban J connectivity index is 1.62. The molecule has 21 heavy (non-hydrogen) atoms. The zero-order valence-corrected chi connectivity index (χ0v) is 13.8. The molecule has 2 N–H and O–H groups in total. The van der Waals surface area contributed by atoms with E-state index in [1.165, 1.54) is 57.8 Å². The van der Waals surface area contributed by atoms with Gasteiger partial charge in [0.05, 0.1) is 0 Å². The number of carbonyl (C=O) groups excluding carboxylic acids is 1. The van der Waals surface area contributed by atoms with Gasteiger partial charge in [-0.1, -0.05) is 32.6 Å². The molecule has 2 rings (SSSR count). The van der Waals surface area contributed by atoms with Crippen molar-refractivity contribution in [3.63, 3.8) is 0 Å². The van der Waals surface area contributed by atoms with Crippen LogP contribution < -0.4 is 10.6 Å². The average Bonchev–Trinajstić information content (AvgIpc) is 2.75. The van der Waals surface area contributed by atoms with Crippen LogP contribution in [0.1, 0.15) is 84.0 Å². The molecule has 0 radical (unpaired) electrons. The van der Waals surface area contributed by atoms with E-state index in [9.17, 15) is 4.79 Å². The normalized spacial score (nSPS) is 28.0. The van der Waals surface area contributed by atoms with Crippen molar-refractivity contribution in [2.24, 2.45) is 5.92 Å². The highest BCUT2D eigenvalue weighted by Gasteiger charge is 2.23. The van der Waals surface area contributed by atoms with Crippen LogP contribution in [0.5, 0.6) is 0 Å². The molecule has 0 atom stereocenters. The number of amides is 1. The maximum Gasteiger partial charge on any atom is 0.220 e. The highest BCUT2D eigenvalue weighted by atomic mass is 16.1. The molecule has 2 aliphatic rings. The van der Waals surface area contributed by atoms with Crippen LogP contribution in [0.4, 0.5) is 0 Å². The Kier molecular flexibility index (Phi) is 7.56. The average molecular weight is 294 g/mol. The van der Waals surface area contributed by atoms with Crippen LogP contribution in [-0.2, 0) is 4.79 Å². The second-order valence-electron chi connectivity index (χ2n) is 7.13. The van der Waals surface area contributed by atoms with Gasteiger partial charge in [-0.2, -0.15) is 0 Å². The van der Waals surface area contributed by atoms with Crippen LogP contribution in [-0.4, -0.2) is 24.5 Å². The Morgan fingerprint density at radius 2 is 1.52 bits per heavy atom. The molecular formula is C18H34N2O. The summed E-state index contributed by atoms with van der Waals surface area (Å²) in [7, 11) is 0. The van der Waals surface area contributed by atoms with Gasteiger partial charge in [-0.3, -0.25) is 4.79 Å². The molecule has 0 aromatic rings. The summed E-state index contributed by atoms with van der Waals surface area (Å²) in [6, 6.07) is 1.11. The molecule has 0 aromatic heterocycles. The third kappa shape index (κ3) is 6.37. The largest absolute Gasteiger partial charge is 0.353 e. The van der Waals surface area contributed by atoms with Gasteiger partial charge in [0.1, 0.15) is 0 Å². The lowest BCUT2D eigenvalue weighted by molar-refractivity contribution is -0.123. The number of rotatable bonds is 6. The lowest BCUT2D eigenvalue weighted by Crippen LogP contribution is -2.42. The maximum absolute atomic E-state index is 12.2. The first-order chi connectivity index (χ1) is 10.3. The molecule has 3 heteroatoms. The summed E-state index contributed by atoms with van der Waals surface area (Å²) in [5, 5.41) is 6.90. The van der Waals surface area contributed by atoms with Crippen LogP contribution in [0.25, 0.3) is 0 Å². The fraction of sp³-hybridized carbons (Fsp3) is 0.944. The van der Waals surface area contributed by atoms with Gasteiger partial charge in [-0.05, 0) is 57.4 Å². The number of nitrogens with one attached hydrogen (secondary N) is 2.